The topological polar surface area (TPSA) is 52.6 Å². The van der Waals surface area contributed by atoms with Gasteiger partial charge in [0.15, 0.2) is 5.96 Å². The Hall–Kier alpha value is -1.35. The Morgan fingerprint density at radius 1 is 1.30 bits per heavy atom. The summed E-state index contributed by atoms with van der Waals surface area (Å²) in [6, 6.07) is 9.22. The second-order valence-electron chi connectivity index (χ2n) is 6.79. The predicted octanol–water partition coefficient (Wildman–Crippen LogP) is 3.75. The lowest BCUT2D eigenvalue weighted by molar-refractivity contribution is 0.649. The van der Waals surface area contributed by atoms with Crippen molar-refractivity contribution in [3.8, 4) is 0 Å². The van der Waals surface area contributed by atoms with Crippen LogP contribution in [0.15, 0.2) is 35.5 Å². The van der Waals surface area contributed by atoms with Crippen molar-refractivity contribution >= 4 is 47.0 Å². The summed E-state index contributed by atoms with van der Waals surface area (Å²) in [5.41, 5.74) is 2.61. The van der Waals surface area contributed by atoms with E-state index < -0.39 is 0 Å². The van der Waals surface area contributed by atoms with E-state index in [4.69, 9.17) is 4.99 Å². The number of hydrogen-bond donors (Lipinski definition) is 2. The summed E-state index contributed by atoms with van der Waals surface area (Å²) in [5, 5.41) is 8.13. The molecule has 1 aromatic carbocycles. The first-order valence-electron chi connectivity index (χ1n) is 9.42. The molecule has 7 heteroatoms. The molecule has 2 aromatic rings. The molecule has 2 heterocycles. The van der Waals surface area contributed by atoms with Crippen LogP contribution in [-0.2, 0) is 6.42 Å². The average Bonchev–Trinajstić information content (AvgIpc) is 3.25. The molecule has 1 aliphatic heterocycles. The molecule has 1 atom stereocenters. The number of nitrogens with zero attached hydrogens (tertiary/aromatic N) is 3. The number of thiazole rings is 1. The van der Waals surface area contributed by atoms with Crippen molar-refractivity contribution < 1.29 is 0 Å². The van der Waals surface area contributed by atoms with E-state index in [1.165, 1.54) is 16.1 Å². The van der Waals surface area contributed by atoms with Crippen molar-refractivity contribution in [1.29, 1.82) is 0 Å². The van der Waals surface area contributed by atoms with Crippen LogP contribution < -0.4 is 15.5 Å². The minimum Gasteiger partial charge on any atom is -0.369 e. The third-order valence-corrected chi connectivity index (χ3v) is 5.51. The van der Waals surface area contributed by atoms with Crippen molar-refractivity contribution in [3.05, 3.63) is 45.9 Å². The van der Waals surface area contributed by atoms with Gasteiger partial charge in [0.25, 0.3) is 0 Å². The van der Waals surface area contributed by atoms with Crippen LogP contribution in [0.1, 0.15) is 28.8 Å². The Labute approximate surface area is 183 Å². The Balaban J connectivity index is 0.00000261. The monoisotopic (exact) mass is 499 g/mol. The number of aromatic nitrogens is 1. The molecule has 5 nitrogen and oxygen atoms in total. The summed E-state index contributed by atoms with van der Waals surface area (Å²) in [6.45, 7) is 10.1. The normalized spacial score (nSPS) is 16.9. The minimum absolute atomic E-state index is 0. The number of nitrogens with one attached hydrogen (secondary N) is 2. The van der Waals surface area contributed by atoms with Gasteiger partial charge >= 0.3 is 0 Å². The SMILES string of the molecule is CCNC(=NCCc1ncc(C)s1)NC1CCN(c2ccc(C)cc2)C1.I. The van der Waals surface area contributed by atoms with Gasteiger partial charge in [-0.15, -0.1) is 35.3 Å². The lowest BCUT2D eigenvalue weighted by Gasteiger charge is -2.20. The average molecular weight is 499 g/mol. The molecule has 1 fully saturated rings. The standard InChI is InChI=1S/C20H29N5S.HI/c1-4-21-20(22-11-9-19-23-13-16(3)26-19)24-17-10-12-25(14-17)18-7-5-15(2)6-8-18;/h5-8,13,17H,4,9-12,14H2,1-3H3,(H2,21,22,24);1H. The number of benzene rings is 1. The maximum Gasteiger partial charge on any atom is 0.191 e. The van der Waals surface area contributed by atoms with Crippen LogP contribution >= 0.6 is 35.3 Å². The van der Waals surface area contributed by atoms with Crippen LogP contribution in [0, 0.1) is 13.8 Å². The van der Waals surface area contributed by atoms with Gasteiger partial charge in [0.1, 0.15) is 0 Å². The van der Waals surface area contributed by atoms with Gasteiger partial charge in [-0.1, -0.05) is 17.7 Å². The summed E-state index contributed by atoms with van der Waals surface area (Å²) < 4.78 is 0. The third-order valence-electron chi connectivity index (χ3n) is 4.54. The zero-order valence-electron chi connectivity index (χ0n) is 16.4. The molecule has 1 aromatic heterocycles. The Morgan fingerprint density at radius 2 is 2.07 bits per heavy atom. The summed E-state index contributed by atoms with van der Waals surface area (Å²) in [7, 11) is 0. The van der Waals surface area contributed by atoms with E-state index in [1.54, 1.807) is 11.3 Å². The van der Waals surface area contributed by atoms with Crippen LogP contribution in [0.25, 0.3) is 0 Å². The molecule has 0 bridgehead atoms. The highest BCUT2D eigenvalue weighted by Crippen LogP contribution is 2.20. The van der Waals surface area contributed by atoms with E-state index in [1.807, 2.05) is 6.20 Å². The Morgan fingerprint density at radius 3 is 2.74 bits per heavy atom. The first-order chi connectivity index (χ1) is 12.6. The molecule has 27 heavy (non-hydrogen) atoms. The molecule has 1 saturated heterocycles. The number of anilines is 1. The van der Waals surface area contributed by atoms with Gasteiger partial charge in [-0.05, 0) is 39.3 Å². The quantitative estimate of drug-likeness (QED) is 0.361. The second kappa shape index (κ2) is 10.8. The van der Waals surface area contributed by atoms with Crippen molar-refractivity contribution in [2.45, 2.75) is 39.7 Å². The van der Waals surface area contributed by atoms with Crippen molar-refractivity contribution in [2.24, 2.45) is 4.99 Å². The van der Waals surface area contributed by atoms with Gasteiger partial charge in [-0.2, -0.15) is 0 Å². The second-order valence-corrected chi connectivity index (χ2v) is 8.11. The first kappa shape index (κ1) is 21.9. The fraction of sp³-hybridized carbons (Fsp3) is 0.500. The molecular weight excluding hydrogens is 469 g/mol. The Kier molecular flexibility index (Phi) is 8.82. The number of aliphatic imine (C=N–C) groups is 1. The summed E-state index contributed by atoms with van der Waals surface area (Å²) >= 11 is 1.76. The number of aryl methyl sites for hydroxylation is 2. The van der Waals surface area contributed by atoms with E-state index >= 15 is 0 Å². The molecule has 1 aliphatic rings. The summed E-state index contributed by atoms with van der Waals surface area (Å²) in [4.78, 5) is 12.9. The van der Waals surface area contributed by atoms with Crippen molar-refractivity contribution in [1.82, 2.24) is 15.6 Å². The van der Waals surface area contributed by atoms with Crippen molar-refractivity contribution in [3.63, 3.8) is 0 Å². The fourth-order valence-corrected chi connectivity index (χ4v) is 3.94. The molecular formula is C20H30IN5S. The van der Waals surface area contributed by atoms with E-state index in [0.29, 0.717) is 6.04 Å². The van der Waals surface area contributed by atoms with Gasteiger partial charge < -0.3 is 15.5 Å². The number of hydrogen-bond acceptors (Lipinski definition) is 4. The van der Waals surface area contributed by atoms with Gasteiger partial charge in [0.05, 0.1) is 5.01 Å². The largest absolute Gasteiger partial charge is 0.369 e. The van der Waals surface area contributed by atoms with E-state index in [0.717, 1.165) is 50.0 Å². The van der Waals surface area contributed by atoms with Gasteiger partial charge in [0, 0.05) is 55.4 Å². The van der Waals surface area contributed by atoms with Gasteiger partial charge in [-0.25, -0.2) is 4.98 Å². The number of guanidine groups is 1. The highest BCUT2D eigenvalue weighted by Gasteiger charge is 2.23. The molecule has 2 N–H and O–H groups in total. The van der Waals surface area contributed by atoms with E-state index in [-0.39, 0.29) is 24.0 Å². The van der Waals surface area contributed by atoms with Crippen LogP contribution in [0.2, 0.25) is 0 Å². The molecule has 148 valence electrons. The Bertz CT molecular complexity index is 728. The van der Waals surface area contributed by atoms with Gasteiger partial charge in [0.2, 0.25) is 0 Å². The fourth-order valence-electron chi connectivity index (χ4n) is 3.16. The summed E-state index contributed by atoms with van der Waals surface area (Å²) in [6.07, 6.45) is 3.96. The molecule has 0 aliphatic carbocycles. The predicted molar refractivity (Wildman–Crippen MR) is 127 cm³/mol. The maximum absolute atomic E-state index is 4.73. The van der Waals surface area contributed by atoms with E-state index in [9.17, 15) is 0 Å². The lowest BCUT2D eigenvalue weighted by Crippen LogP contribution is -2.44. The molecule has 1 unspecified atom stereocenters. The number of halogens is 1. The highest BCUT2D eigenvalue weighted by molar-refractivity contribution is 14.0. The highest BCUT2D eigenvalue weighted by atomic mass is 127. The van der Waals surface area contributed by atoms with Crippen molar-refractivity contribution in [2.75, 3.05) is 31.1 Å². The third kappa shape index (κ3) is 6.64. The molecule has 0 spiro atoms. The zero-order valence-corrected chi connectivity index (χ0v) is 19.5. The maximum atomic E-state index is 4.73. The minimum atomic E-state index is 0. The molecule has 0 saturated carbocycles. The van der Waals surface area contributed by atoms with E-state index in [2.05, 4.69) is 65.6 Å². The van der Waals surface area contributed by atoms with Gasteiger partial charge in [-0.3, -0.25) is 4.99 Å². The lowest BCUT2D eigenvalue weighted by atomic mass is 10.2. The van der Waals surface area contributed by atoms with Crippen LogP contribution in [-0.4, -0.2) is 43.2 Å². The molecule has 3 rings (SSSR count). The summed E-state index contributed by atoms with van der Waals surface area (Å²) in [5.74, 6) is 0.913. The smallest absolute Gasteiger partial charge is 0.191 e. The van der Waals surface area contributed by atoms with Crippen LogP contribution in [0.4, 0.5) is 5.69 Å². The zero-order chi connectivity index (χ0) is 18.4. The molecule has 0 amide bonds. The first-order valence-corrected chi connectivity index (χ1v) is 10.2. The van der Waals surface area contributed by atoms with Crippen LogP contribution in [0.3, 0.4) is 0 Å². The number of rotatable bonds is 6. The van der Waals surface area contributed by atoms with Crippen LogP contribution in [0.5, 0.6) is 0 Å². The molecule has 0 radical (unpaired) electrons.